The molecule has 0 amide bonds. The van der Waals surface area contributed by atoms with Gasteiger partial charge in [-0.1, -0.05) is 13.8 Å². The van der Waals surface area contributed by atoms with Crippen LogP contribution in [0.15, 0.2) is 16.5 Å². The molecular formula is C13H21NO3. The summed E-state index contributed by atoms with van der Waals surface area (Å²) in [7, 11) is 0. The van der Waals surface area contributed by atoms with Crippen LogP contribution in [0.5, 0.6) is 0 Å². The number of nitrogens with one attached hydrogen (secondary N) is 1. The van der Waals surface area contributed by atoms with Gasteiger partial charge >= 0.3 is 0 Å². The normalized spacial score (nSPS) is 16.4. The largest absolute Gasteiger partial charge is 0.462 e. The quantitative estimate of drug-likeness (QED) is 0.789. The van der Waals surface area contributed by atoms with Crippen molar-refractivity contribution in [3.8, 4) is 0 Å². The first-order chi connectivity index (χ1) is 8.24. The summed E-state index contributed by atoms with van der Waals surface area (Å²) in [4.78, 5) is 0. The Balaban J connectivity index is 1.67. The van der Waals surface area contributed by atoms with Crippen LogP contribution in [0.3, 0.4) is 0 Å². The third-order valence-corrected chi connectivity index (χ3v) is 2.64. The Morgan fingerprint density at radius 2 is 2.12 bits per heavy atom. The zero-order valence-corrected chi connectivity index (χ0v) is 10.6. The number of furan rings is 1. The second kappa shape index (κ2) is 6.19. The fourth-order valence-corrected chi connectivity index (χ4v) is 1.59. The fraction of sp³-hybridized carbons (Fsp3) is 0.692. The predicted molar refractivity (Wildman–Crippen MR) is 64.6 cm³/mol. The van der Waals surface area contributed by atoms with Gasteiger partial charge in [0.2, 0.25) is 0 Å². The topological polar surface area (TPSA) is 43.6 Å². The molecule has 0 unspecified atom stereocenters. The average molecular weight is 239 g/mol. The molecule has 1 aromatic heterocycles. The van der Waals surface area contributed by atoms with Crippen molar-refractivity contribution in [3.63, 3.8) is 0 Å². The van der Waals surface area contributed by atoms with E-state index in [9.17, 15) is 0 Å². The van der Waals surface area contributed by atoms with E-state index in [1.165, 1.54) is 0 Å². The lowest BCUT2D eigenvalue weighted by molar-refractivity contribution is -0.137. The van der Waals surface area contributed by atoms with Crippen LogP contribution in [0.4, 0.5) is 0 Å². The van der Waals surface area contributed by atoms with Crippen molar-refractivity contribution in [2.75, 3.05) is 19.8 Å². The van der Waals surface area contributed by atoms with E-state index in [0.29, 0.717) is 25.7 Å². The van der Waals surface area contributed by atoms with Crippen LogP contribution in [0.2, 0.25) is 0 Å². The molecule has 0 aromatic carbocycles. The van der Waals surface area contributed by atoms with E-state index in [0.717, 1.165) is 24.6 Å². The second-order valence-corrected chi connectivity index (χ2v) is 4.86. The smallest absolute Gasteiger partial charge is 0.129 e. The van der Waals surface area contributed by atoms with Gasteiger partial charge in [-0.05, 0) is 24.6 Å². The molecule has 2 rings (SSSR count). The molecule has 2 heterocycles. The summed E-state index contributed by atoms with van der Waals surface area (Å²) < 4.78 is 16.3. The molecule has 0 bridgehead atoms. The molecule has 0 spiro atoms. The zero-order valence-electron chi connectivity index (χ0n) is 10.6. The van der Waals surface area contributed by atoms with Crippen LogP contribution in [0.25, 0.3) is 0 Å². The highest BCUT2D eigenvalue weighted by molar-refractivity contribution is 5.06. The molecule has 4 heteroatoms. The van der Waals surface area contributed by atoms with Crippen molar-refractivity contribution >= 4 is 0 Å². The van der Waals surface area contributed by atoms with Crippen molar-refractivity contribution in [1.29, 1.82) is 0 Å². The van der Waals surface area contributed by atoms with E-state index in [1.807, 2.05) is 12.1 Å². The third-order valence-electron chi connectivity index (χ3n) is 2.64. The standard InChI is InChI=1S/C13H21NO3/c1-10(2)5-14-6-11-3-4-12(17-11)9-16-13-7-15-8-13/h3-4,10,13-14H,5-9H2,1-2H3. The van der Waals surface area contributed by atoms with Gasteiger partial charge in [-0.25, -0.2) is 0 Å². The van der Waals surface area contributed by atoms with Gasteiger partial charge in [-0.2, -0.15) is 0 Å². The number of hydrogen-bond acceptors (Lipinski definition) is 4. The van der Waals surface area contributed by atoms with E-state index in [1.54, 1.807) is 0 Å². The van der Waals surface area contributed by atoms with Crippen LogP contribution in [0.1, 0.15) is 25.4 Å². The molecule has 1 fully saturated rings. The minimum atomic E-state index is 0.252. The maximum absolute atomic E-state index is 5.66. The van der Waals surface area contributed by atoms with Gasteiger partial charge in [0.1, 0.15) is 24.2 Å². The lowest BCUT2D eigenvalue weighted by atomic mass is 10.2. The highest BCUT2D eigenvalue weighted by Crippen LogP contribution is 2.13. The van der Waals surface area contributed by atoms with Crippen molar-refractivity contribution in [1.82, 2.24) is 5.32 Å². The molecule has 0 radical (unpaired) electrons. The van der Waals surface area contributed by atoms with Crippen molar-refractivity contribution in [2.24, 2.45) is 5.92 Å². The van der Waals surface area contributed by atoms with E-state index in [2.05, 4.69) is 19.2 Å². The first-order valence-corrected chi connectivity index (χ1v) is 6.21. The van der Waals surface area contributed by atoms with Crippen LogP contribution >= 0.6 is 0 Å². The third kappa shape index (κ3) is 4.15. The molecule has 0 aliphatic carbocycles. The maximum atomic E-state index is 5.66. The molecule has 1 aromatic rings. The Morgan fingerprint density at radius 1 is 1.35 bits per heavy atom. The Bertz CT molecular complexity index is 331. The molecule has 0 saturated carbocycles. The summed E-state index contributed by atoms with van der Waals surface area (Å²) in [5, 5.41) is 3.35. The summed E-state index contributed by atoms with van der Waals surface area (Å²) >= 11 is 0. The van der Waals surface area contributed by atoms with Crippen LogP contribution in [0, 0.1) is 5.92 Å². The summed E-state index contributed by atoms with van der Waals surface area (Å²) in [6, 6.07) is 3.98. The van der Waals surface area contributed by atoms with Crippen LogP contribution in [-0.2, 0) is 22.6 Å². The predicted octanol–water partition coefficient (Wildman–Crippen LogP) is 1.94. The molecule has 1 N–H and O–H groups in total. The minimum absolute atomic E-state index is 0.252. The summed E-state index contributed by atoms with van der Waals surface area (Å²) in [5.41, 5.74) is 0. The zero-order chi connectivity index (χ0) is 12.1. The Kier molecular flexibility index (Phi) is 4.59. The minimum Gasteiger partial charge on any atom is -0.462 e. The molecule has 17 heavy (non-hydrogen) atoms. The van der Waals surface area contributed by atoms with Gasteiger partial charge in [-0.15, -0.1) is 0 Å². The second-order valence-electron chi connectivity index (χ2n) is 4.86. The van der Waals surface area contributed by atoms with Crippen LogP contribution in [-0.4, -0.2) is 25.9 Å². The summed E-state index contributed by atoms with van der Waals surface area (Å²) in [6.07, 6.45) is 0.252. The van der Waals surface area contributed by atoms with Gasteiger partial charge in [0.25, 0.3) is 0 Å². The molecule has 1 saturated heterocycles. The number of ether oxygens (including phenoxy) is 2. The SMILES string of the molecule is CC(C)CNCc1ccc(COC2COC2)o1. The molecule has 1 aliphatic heterocycles. The summed E-state index contributed by atoms with van der Waals surface area (Å²) in [6.45, 7) is 8.13. The molecule has 4 nitrogen and oxygen atoms in total. The lowest BCUT2D eigenvalue weighted by Gasteiger charge is -2.25. The molecule has 96 valence electrons. The van der Waals surface area contributed by atoms with Gasteiger partial charge in [-0.3, -0.25) is 0 Å². The van der Waals surface area contributed by atoms with Gasteiger partial charge in [0.05, 0.1) is 19.8 Å². The Labute approximate surface area is 102 Å². The molecule has 0 atom stereocenters. The average Bonchev–Trinajstić information content (AvgIpc) is 2.63. The lowest BCUT2D eigenvalue weighted by Crippen LogP contribution is -2.35. The summed E-state index contributed by atoms with van der Waals surface area (Å²) in [5.74, 6) is 2.51. The first-order valence-electron chi connectivity index (χ1n) is 6.21. The highest BCUT2D eigenvalue weighted by Gasteiger charge is 2.19. The van der Waals surface area contributed by atoms with E-state index in [4.69, 9.17) is 13.9 Å². The Hall–Kier alpha value is -0.840. The maximum Gasteiger partial charge on any atom is 0.129 e. The van der Waals surface area contributed by atoms with E-state index in [-0.39, 0.29) is 6.10 Å². The number of hydrogen-bond donors (Lipinski definition) is 1. The molecular weight excluding hydrogens is 218 g/mol. The van der Waals surface area contributed by atoms with E-state index < -0.39 is 0 Å². The van der Waals surface area contributed by atoms with Crippen molar-refractivity contribution in [3.05, 3.63) is 23.7 Å². The van der Waals surface area contributed by atoms with Crippen LogP contribution < -0.4 is 5.32 Å². The van der Waals surface area contributed by atoms with Gasteiger partial charge in [0, 0.05) is 0 Å². The highest BCUT2D eigenvalue weighted by atomic mass is 16.6. The Morgan fingerprint density at radius 3 is 2.76 bits per heavy atom. The van der Waals surface area contributed by atoms with Gasteiger partial charge in [0.15, 0.2) is 0 Å². The first kappa shape index (κ1) is 12.6. The van der Waals surface area contributed by atoms with Crippen molar-refractivity contribution in [2.45, 2.75) is 33.1 Å². The van der Waals surface area contributed by atoms with Gasteiger partial charge < -0.3 is 19.2 Å². The van der Waals surface area contributed by atoms with Crippen molar-refractivity contribution < 1.29 is 13.9 Å². The monoisotopic (exact) mass is 239 g/mol. The van der Waals surface area contributed by atoms with E-state index >= 15 is 0 Å². The number of rotatable bonds is 7. The fourth-order valence-electron chi connectivity index (χ4n) is 1.59. The molecule has 1 aliphatic rings.